The predicted octanol–water partition coefficient (Wildman–Crippen LogP) is -3.85. The monoisotopic (exact) mass is 222 g/mol. The molecular weight excluding hydrogens is 215 g/mol. The molecule has 0 bridgehead atoms. The van der Waals surface area contributed by atoms with Gasteiger partial charge in [-0.1, -0.05) is 0 Å². The fraction of sp³-hybridized carbons (Fsp3) is 0. The van der Waals surface area contributed by atoms with Crippen LogP contribution in [0.2, 0.25) is 0 Å². The van der Waals surface area contributed by atoms with Gasteiger partial charge in [-0.3, -0.25) is 0 Å². The molecule has 1 aromatic rings. The Kier molecular flexibility index (Phi) is 4.46. The van der Waals surface area contributed by atoms with Crippen LogP contribution < -0.4 is 41.0 Å². The molecule has 0 unspecified atom stereocenters. The zero-order valence-electron chi connectivity index (χ0n) is 8.76. The molecule has 1 heterocycles. The number of aromatic carboxylic acids is 2. The van der Waals surface area contributed by atoms with Crippen molar-refractivity contribution in [3.63, 3.8) is 0 Å². The first-order valence-corrected chi connectivity index (χ1v) is 3.33. The molecule has 76 valence electrons. The van der Waals surface area contributed by atoms with Gasteiger partial charge >= 0.3 is 41.5 Å². The minimum atomic E-state index is -1.42. The fourth-order valence-electron chi connectivity index (χ4n) is 0.776. The van der Waals surface area contributed by atoms with Crippen molar-refractivity contribution >= 4 is 23.6 Å². The number of hydrogen-bond acceptors (Lipinski definition) is 6. The summed E-state index contributed by atoms with van der Waals surface area (Å²) in [5, 5.41) is 17.1. The maximum atomic E-state index is 10.5. The van der Waals surface area contributed by atoms with Gasteiger partial charge in [-0.2, -0.15) is 0 Å². The second-order valence-corrected chi connectivity index (χ2v) is 2.30. The predicted molar refractivity (Wildman–Crippen MR) is 45.9 cm³/mol. The summed E-state index contributed by atoms with van der Waals surface area (Å²) in [5.41, 5.74) is 9.19. The van der Waals surface area contributed by atoms with Gasteiger partial charge in [0.25, 0.3) is 0 Å². The van der Waals surface area contributed by atoms with Crippen LogP contribution in [0.25, 0.3) is 0 Å². The number of nitrogens with two attached hydrogens (primary N) is 2. The Morgan fingerprint density at radius 3 is 1.47 bits per heavy atom. The molecule has 0 radical (unpaired) electrons. The second-order valence-electron chi connectivity index (χ2n) is 2.30. The standard InChI is InChI=1S/C6H6N4O4.Na.H/c7-3-1(5(11)12)9-4(8)2(10-3)6(13)14;;/h(H2,8,9)(H2,7,10)(H,11,12)(H,13,14);;/q;+1;-1. The Balaban J connectivity index is 0. The quantitative estimate of drug-likeness (QED) is 0.371. The van der Waals surface area contributed by atoms with Gasteiger partial charge in [-0.15, -0.1) is 0 Å². The number of rotatable bonds is 2. The largest absolute Gasteiger partial charge is 1.00 e. The van der Waals surface area contributed by atoms with Crippen molar-refractivity contribution in [1.82, 2.24) is 9.97 Å². The molecule has 1 rings (SSSR count). The van der Waals surface area contributed by atoms with Crippen molar-refractivity contribution in [2.75, 3.05) is 11.5 Å². The molecule has 0 saturated heterocycles. The van der Waals surface area contributed by atoms with Crippen LogP contribution in [0, 0.1) is 0 Å². The molecule has 0 aromatic carbocycles. The van der Waals surface area contributed by atoms with Crippen LogP contribution >= 0.6 is 0 Å². The Morgan fingerprint density at radius 1 is 1.00 bits per heavy atom. The summed E-state index contributed by atoms with van der Waals surface area (Å²) < 4.78 is 0. The van der Waals surface area contributed by atoms with Crippen molar-refractivity contribution in [1.29, 1.82) is 0 Å². The molecule has 6 N–H and O–H groups in total. The number of carbonyl (C=O) groups is 2. The van der Waals surface area contributed by atoms with Gasteiger partial charge in [0.15, 0.2) is 23.0 Å². The summed E-state index contributed by atoms with van der Waals surface area (Å²) in [4.78, 5) is 27.5. The normalized spacial score (nSPS) is 9.07. The number of nitrogen functional groups attached to an aromatic ring is 2. The van der Waals surface area contributed by atoms with Gasteiger partial charge in [0, 0.05) is 0 Å². The zero-order chi connectivity index (χ0) is 10.9. The van der Waals surface area contributed by atoms with E-state index in [0.29, 0.717) is 0 Å². The maximum absolute atomic E-state index is 10.5. The van der Waals surface area contributed by atoms with Crippen LogP contribution in [-0.4, -0.2) is 32.1 Å². The van der Waals surface area contributed by atoms with Crippen molar-refractivity contribution < 1.29 is 50.8 Å². The van der Waals surface area contributed by atoms with E-state index in [0.717, 1.165) is 0 Å². The van der Waals surface area contributed by atoms with Crippen LogP contribution in [-0.2, 0) is 0 Å². The molecule has 0 aliphatic rings. The molecule has 0 atom stereocenters. The molecule has 0 saturated carbocycles. The summed E-state index contributed by atoms with van der Waals surface area (Å²) in [7, 11) is 0. The van der Waals surface area contributed by atoms with E-state index >= 15 is 0 Å². The van der Waals surface area contributed by atoms with Gasteiger partial charge in [0.05, 0.1) is 0 Å². The number of carboxylic acids is 2. The smallest absolute Gasteiger partial charge is 1.00 e. The molecule has 0 spiro atoms. The minimum absolute atomic E-state index is 0. The van der Waals surface area contributed by atoms with E-state index in [9.17, 15) is 9.59 Å². The number of hydrogen-bond donors (Lipinski definition) is 4. The van der Waals surface area contributed by atoms with Gasteiger partial charge < -0.3 is 23.1 Å². The first-order chi connectivity index (χ1) is 6.43. The van der Waals surface area contributed by atoms with E-state index in [-0.39, 0.29) is 31.0 Å². The third-order valence-corrected chi connectivity index (χ3v) is 1.35. The van der Waals surface area contributed by atoms with E-state index < -0.39 is 35.0 Å². The third kappa shape index (κ3) is 2.78. The Morgan fingerprint density at radius 2 is 1.27 bits per heavy atom. The number of nitrogens with zero attached hydrogens (tertiary/aromatic N) is 2. The molecule has 0 fully saturated rings. The maximum Gasteiger partial charge on any atom is 1.00 e. The summed E-state index contributed by atoms with van der Waals surface area (Å²) in [6.45, 7) is 0. The number of carboxylic acid groups (broad SMARTS) is 2. The van der Waals surface area contributed by atoms with Crippen molar-refractivity contribution in [3.8, 4) is 0 Å². The Bertz CT molecular complexity index is 387. The molecule has 0 aliphatic carbocycles. The van der Waals surface area contributed by atoms with E-state index in [4.69, 9.17) is 21.7 Å². The average Bonchev–Trinajstić information content (AvgIpc) is 2.07. The van der Waals surface area contributed by atoms with Gasteiger partial charge in [0.2, 0.25) is 0 Å². The van der Waals surface area contributed by atoms with E-state index in [2.05, 4.69) is 9.97 Å². The first-order valence-electron chi connectivity index (χ1n) is 3.33. The molecule has 1 aromatic heterocycles. The molecule has 9 heteroatoms. The third-order valence-electron chi connectivity index (χ3n) is 1.35. The van der Waals surface area contributed by atoms with Gasteiger partial charge in [-0.25, -0.2) is 19.6 Å². The van der Waals surface area contributed by atoms with Gasteiger partial charge in [-0.05, 0) is 0 Å². The first kappa shape index (κ1) is 13.6. The summed E-state index contributed by atoms with van der Waals surface area (Å²) in [6.07, 6.45) is 0. The van der Waals surface area contributed by atoms with Crippen molar-refractivity contribution in [2.24, 2.45) is 0 Å². The van der Waals surface area contributed by atoms with Crippen LogP contribution in [0.1, 0.15) is 22.4 Å². The number of aromatic nitrogens is 2. The Hall–Kier alpha value is -1.38. The Labute approximate surface area is 107 Å². The number of anilines is 2. The van der Waals surface area contributed by atoms with Crippen LogP contribution in [0.5, 0.6) is 0 Å². The van der Waals surface area contributed by atoms with Gasteiger partial charge in [0.1, 0.15) is 0 Å². The van der Waals surface area contributed by atoms with Crippen molar-refractivity contribution in [2.45, 2.75) is 0 Å². The van der Waals surface area contributed by atoms with Crippen molar-refractivity contribution in [3.05, 3.63) is 11.4 Å². The van der Waals surface area contributed by atoms with E-state index in [1.165, 1.54) is 0 Å². The molecule has 15 heavy (non-hydrogen) atoms. The SMILES string of the molecule is Nc1nc(C(=O)O)c(N)nc1C(=O)O.[H-].[Na+]. The van der Waals surface area contributed by atoms with Crippen LogP contribution in [0.4, 0.5) is 11.6 Å². The van der Waals surface area contributed by atoms with Crippen LogP contribution in [0.3, 0.4) is 0 Å². The fourth-order valence-corrected chi connectivity index (χ4v) is 0.776. The van der Waals surface area contributed by atoms with E-state index in [1.807, 2.05) is 0 Å². The summed E-state index contributed by atoms with van der Waals surface area (Å²) >= 11 is 0. The zero-order valence-corrected chi connectivity index (χ0v) is 9.76. The second kappa shape index (κ2) is 4.91. The summed E-state index contributed by atoms with van der Waals surface area (Å²) in [6, 6.07) is 0. The molecular formula is C6H7N4NaO4. The molecule has 0 amide bonds. The topological polar surface area (TPSA) is 152 Å². The van der Waals surface area contributed by atoms with Crippen LogP contribution in [0.15, 0.2) is 0 Å². The molecule has 8 nitrogen and oxygen atoms in total. The molecule has 0 aliphatic heterocycles. The minimum Gasteiger partial charge on any atom is -1.00 e. The average molecular weight is 222 g/mol. The summed E-state index contributed by atoms with van der Waals surface area (Å²) in [5.74, 6) is -3.80. The van der Waals surface area contributed by atoms with E-state index in [1.54, 1.807) is 0 Å².